The summed E-state index contributed by atoms with van der Waals surface area (Å²) in [5.41, 5.74) is 8.33. The van der Waals surface area contributed by atoms with Crippen molar-refractivity contribution in [2.24, 2.45) is 0 Å². The molecule has 0 saturated carbocycles. The molecule has 0 atom stereocenters. The molecule has 0 radical (unpaired) electrons. The first-order valence-corrected chi connectivity index (χ1v) is 26.9. The number of amides is 4. The van der Waals surface area contributed by atoms with Gasteiger partial charge in [-0.05, 0) is 88.4 Å². The van der Waals surface area contributed by atoms with Crippen molar-refractivity contribution in [2.45, 2.75) is 130 Å². The van der Waals surface area contributed by atoms with Crippen molar-refractivity contribution in [1.29, 1.82) is 0 Å². The molecule has 1 aliphatic rings. The second kappa shape index (κ2) is 25.8. The predicted octanol–water partition coefficient (Wildman–Crippen LogP) is 13.5. The maximum atomic E-state index is 13.9. The fourth-order valence-electron chi connectivity index (χ4n) is 9.31. The molecule has 1 aliphatic carbocycles. The van der Waals surface area contributed by atoms with Crippen molar-refractivity contribution >= 4 is 23.6 Å². The Morgan fingerprint density at radius 2 is 0.463 bits per heavy atom. The molecule has 0 aromatic heterocycles. The number of hydrogen-bond acceptors (Lipinski definition) is 8. The zero-order valence-corrected chi connectivity index (χ0v) is 49.6. The van der Waals surface area contributed by atoms with Gasteiger partial charge in [-0.25, -0.2) is 0 Å². The second-order valence-electron chi connectivity index (χ2n) is 24.0. The zero-order valence-electron chi connectivity index (χ0n) is 49.6. The highest BCUT2D eigenvalue weighted by Gasteiger charge is 2.31. The van der Waals surface area contributed by atoms with Crippen LogP contribution in [0.1, 0.15) is 150 Å². The summed E-state index contributed by atoms with van der Waals surface area (Å²) < 4.78 is 27.4. The van der Waals surface area contributed by atoms with Gasteiger partial charge >= 0.3 is 0 Å². The molecule has 0 saturated heterocycles. The molecule has 5 rings (SSSR count). The van der Waals surface area contributed by atoms with Gasteiger partial charge < -0.3 is 18.9 Å². The van der Waals surface area contributed by atoms with Gasteiger partial charge in [-0.3, -0.25) is 38.8 Å². The molecule has 80 heavy (non-hydrogen) atoms. The lowest BCUT2D eigenvalue weighted by Crippen LogP contribution is -2.27. The number of hydrogen-bond donors (Lipinski definition) is 0. The van der Waals surface area contributed by atoms with Crippen molar-refractivity contribution in [1.82, 2.24) is 19.6 Å². The molecule has 0 heterocycles. The number of carbonyl (C=O) groups excluding carboxylic acids is 4. The van der Waals surface area contributed by atoms with E-state index in [2.05, 4.69) is 184 Å². The molecule has 4 aromatic rings. The van der Waals surface area contributed by atoms with Crippen LogP contribution in [-0.2, 0) is 66.5 Å². The summed E-state index contributed by atoms with van der Waals surface area (Å²) in [6.07, 6.45) is 11.9. The van der Waals surface area contributed by atoms with E-state index in [1.165, 1.54) is 69.2 Å². The summed E-state index contributed by atoms with van der Waals surface area (Å²) in [6.45, 7) is 54.8. The van der Waals surface area contributed by atoms with Crippen molar-refractivity contribution in [2.75, 3.05) is 26.4 Å². The molecular weight excluding hydrogens is 1000 g/mol. The Kier molecular flexibility index (Phi) is 20.2. The summed E-state index contributed by atoms with van der Waals surface area (Å²) in [5, 5.41) is 0. The van der Waals surface area contributed by atoms with Gasteiger partial charge in [0.15, 0.2) is 26.4 Å². The minimum absolute atomic E-state index is 0.217. The third-order valence-electron chi connectivity index (χ3n) is 14.0. The lowest BCUT2D eigenvalue weighted by atomic mass is 9.79. The lowest BCUT2D eigenvalue weighted by molar-refractivity contribution is -0.129. The fraction of sp³-hybridized carbons (Fsp3) is 0.353. The van der Waals surface area contributed by atoms with E-state index in [0.717, 1.165) is 66.8 Å². The van der Waals surface area contributed by atoms with E-state index in [4.69, 9.17) is 18.9 Å². The van der Waals surface area contributed by atoms with E-state index in [-0.39, 0.29) is 52.1 Å². The van der Waals surface area contributed by atoms with Crippen LogP contribution in [0.5, 0.6) is 23.0 Å². The van der Waals surface area contributed by atoms with Crippen LogP contribution in [0.3, 0.4) is 0 Å². The van der Waals surface area contributed by atoms with Crippen LogP contribution in [-0.4, -0.2) is 69.7 Å². The van der Waals surface area contributed by atoms with E-state index in [9.17, 15) is 19.2 Å². The Morgan fingerprint density at radius 3 is 0.575 bits per heavy atom. The van der Waals surface area contributed by atoms with Gasteiger partial charge in [0, 0.05) is 75.3 Å². The second-order valence-corrected chi connectivity index (χ2v) is 24.0. The van der Waals surface area contributed by atoms with Crippen molar-refractivity contribution in [3.8, 4) is 23.0 Å². The molecular formula is C68H84N4O8. The molecule has 0 unspecified atom stereocenters. The number of rotatable bonds is 20. The van der Waals surface area contributed by atoms with Crippen molar-refractivity contribution in [3.63, 3.8) is 0 Å². The standard InChI is InChI=1S/C68H84N4O8/c1-21-69(22-2)57(73)41-77-61-45-29-47-35-54(66(12,13)14)37-49(62(47)78-42-58(74)70(23-3)24-4)31-51-39-56(68(18,19)20)40-52(64(51)80-44-60(76)72(27-7)28-8)32-50-38-55(67(15,16)17)36-48(30-46(61)34-53(33-45)65(9,10)11)63(50)79-43-59(75)71(25-5)26-6/h21-28,33-40H,1-8,29-32,41-44H2,9-20H3. The third kappa shape index (κ3) is 15.2. The quantitative estimate of drug-likeness (QED) is 0.0756. The van der Waals surface area contributed by atoms with Gasteiger partial charge in [0.25, 0.3) is 23.6 Å². The molecule has 4 aromatic carbocycles. The van der Waals surface area contributed by atoms with Crippen LogP contribution in [0, 0.1) is 0 Å². The van der Waals surface area contributed by atoms with E-state index in [1.807, 2.05) is 0 Å². The monoisotopic (exact) mass is 1080 g/mol. The summed E-state index contributed by atoms with van der Waals surface area (Å²) in [7, 11) is 0. The molecule has 0 N–H and O–H groups in total. The van der Waals surface area contributed by atoms with Gasteiger partial charge in [-0.1, -0.05) is 184 Å². The minimum atomic E-state index is -0.396. The Morgan fingerprint density at radius 1 is 0.325 bits per heavy atom. The Balaban J connectivity index is 2.09. The first-order chi connectivity index (χ1) is 37.5. The maximum Gasteiger partial charge on any atom is 0.268 e. The number of carbonyl (C=O) groups is 4. The largest absolute Gasteiger partial charge is 0.483 e. The highest BCUT2D eigenvalue weighted by Crippen LogP contribution is 2.44. The topological polar surface area (TPSA) is 118 Å². The van der Waals surface area contributed by atoms with Crippen LogP contribution < -0.4 is 18.9 Å². The Hall–Kier alpha value is -8.12. The van der Waals surface area contributed by atoms with Gasteiger partial charge in [0.1, 0.15) is 23.0 Å². The molecule has 4 amide bonds. The van der Waals surface area contributed by atoms with Gasteiger partial charge in [-0.2, -0.15) is 0 Å². The average Bonchev–Trinajstić information content (AvgIpc) is 3.37. The van der Waals surface area contributed by atoms with E-state index >= 15 is 0 Å². The first-order valence-electron chi connectivity index (χ1n) is 26.9. The maximum absolute atomic E-state index is 13.9. The molecule has 8 bridgehead atoms. The van der Waals surface area contributed by atoms with Gasteiger partial charge in [0.05, 0.1) is 0 Å². The van der Waals surface area contributed by atoms with Crippen LogP contribution >= 0.6 is 0 Å². The van der Waals surface area contributed by atoms with Crippen molar-refractivity contribution < 1.29 is 38.1 Å². The minimum Gasteiger partial charge on any atom is -0.483 e. The number of nitrogens with zero attached hydrogens (tertiary/aromatic N) is 4. The number of fused-ring (bicyclic) bond motifs is 8. The van der Waals surface area contributed by atoms with E-state index in [0.29, 0.717) is 23.0 Å². The molecule has 0 fully saturated rings. The average molecular weight is 1090 g/mol. The fourth-order valence-corrected chi connectivity index (χ4v) is 9.31. The molecule has 12 heteroatoms. The summed E-state index contributed by atoms with van der Waals surface area (Å²) in [5.74, 6) is 0.265. The van der Waals surface area contributed by atoms with Gasteiger partial charge in [-0.15, -0.1) is 0 Å². The Bertz CT molecular complexity index is 2560. The lowest BCUT2D eigenvalue weighted by Gasteiger charge is -2.29. The highest BCUT2D eigenvalue weighted by molar-refractivity contribution is 5.82. The normalized spacial score (nSPS) is 12.3. The molecule has 0 aliphatic heterocycles. The highest BCUT2D eigenvalue weighted by atomic mass is 16.5. The van der Waals surface area contributed by atoms with E-state index < -0.39 is 45.3 Å². The number of benzene rings is 4. The van der Waals surface area contributed by atoms with E-state index in [1.54, 1.807) is 0 Å². The third-order valence-corrected chi connectivity index (χ3v) is 14.0. The number of ether oxygens (including phenoxy) is 4. The summed E-state index contributed by atoms with van der Waals surface area (Å²) in [4.78, 5) is 60.7. The van der Waals surface area contributed by atoms with Crippen LogP contribution in [0.2, 0.25) is 0 Å². The smallest absolute Gasteiger partial charge is 0.268 e. The van der Waals surface area contributed by atoms with Crippen molar-refractivity contribution in [3.05, 3.63) is 218 Å². The summed E-state index contributed by atoms with van der Waals surface area (Å²) in [6, 6.07) is 16.9. The summed E-state index contributed by atoms with van der Waals surface area (Å²) >= 11 is 0. The Labute approximate surface area is 476 Å². The van der Waals surface area contributed by atoms with Crippen LogP contribution in [0.15, 0.2) is 151 Å². The predicted molar refractivity (Wildman–Crippen MR) is 323 cm³/mol. The zero-order chi connectivity index (χ0) is 59.7. The van der Waals surface area contributed by atoms with Crippen LogP contribution in [0.4, 0.5) is 0 Å². The molecule has 12 nitrogen and oxygen atoms in total. The van der Waals surface area contributed by atoms with Crippen LogP contribution in [0.25, 0.3) is 0 Å². The SMILES string of the molecule is C=CN(C=C)C(=O)COc1c2cc(C(C)(C)C)cc1Cc1cc(C(C)(C)C)cc(c1OCC(=O)N(C=C)C=C)Cc1cc(C(C)(C)C)cc(c1OCC(=O)N(C=C)C=C)Cc1cc(C(C)(C)C)cc(c1OCC(=O)N(C=C)C=C)C2. The van der Waals surface area contributed by atoms with Gasteiger partial charge in [0.2, 0.25) is 0 Å². The first kappa shape index (κ1) is 62.7. The molecule has 424 valence electrons. The molecule has 0 spiro atoms.